The molecule has 0 saturated heterocycles. The van der Waals surface area contributed by atoms with Crippen LogP contribution in [0.3, 0.4) is 0 Å². The molecule has 1 amide bonds. The van der Waals surface area contributed by atoms with Crippen molar-refractivity contribution in [1.82, 2.24) is 0 Å². The SMILES string of the molecule is COc1cc(NC(C(=O)N2CCc3ccc(C(F)(F)F)cc32)c2ccc(Cl)cc2)cc(OCCOC(C)(C)C)c1. The van der Waals surface area contributed by atoms with E-state index in [0.717, 1.165) is 12.1 Å². The molecule has 1 atom stereocenters. The van der Waals surface area contributed by atoms with Crippen molar-refractivity contribution in [2.45, 2.75) is 45.0 Å². The minimum absolute atomic E-state index is 0.258. The van der Waals surface area contributed by atoms with Gasteiger partial charge in [-0.2, -0.15) is 13.2 Å². The van der Waals surface area contributed by atoms with Gasteiger partial charge in [0.25, 0.3) is 5.91 Å². The van der Waals surface area contributed by atoms with Crippen molar-refractivity contribution in [1.29, 1.82) is 0 Å². The number of hydrogen-bond acceptors (Lipinski definition) is 5. The molecule has 3 aromatic carbocycles. The molecule has 0 bridgehead atoms. The molecule has 1 aliphatic heterocycles. The van der Waals surface area contributed by atoms with Crippen LogP contribution in [0.1, 0.15) is 43.5 Å². The Morgan fingerprint density at radius 2 is 1.70 bits per heavy atom. The molecular weight excluding hydrogens is 545 g/mol. The van der Waals surface area contributed by atoms with Crippen molar-refractivity contribution in [3.05, 3.63) is 82.4 Å². The fraction of sp³-hybridized carbons (Fsp3) is 0.367. The van der Waals surface area contributed by atoms with Gasteiger partial charge in [0.15, 0.2) is 0 Å². The highest BCUT2D eigenvalue weighted by Crippen LogP contribution is 2.38. The Hall–Kier alpha value is -3.43. The summed E-state index contributed by atoms with van der Waals surface area (Å²) >= 11 is 6.09. The van der Waals surface area contributed by atoms with Gasteiger partial charge in [-0.05, 0) is 62.6 Å². The standard InChI is InChI=1S/C30H32ClF3N2O4/c1-29(2,3)40-14-13-39-25-17-23(16-24(18-25)38-4)35-27(20-6-9-22(31)10-7-20)28(37)36-12-11-19-5-8-21(15-26(19)36)30(32,33)34/h5-10,15-18,27,35H,11-14H2,1-4H3. The molecule has 1 unspecified atom stereocenters. The third kappa shape index (κ3) is 7.40. The van der Waals surface area contributed by atoms with Crippen LogP contribution in [0.25, 0.3) is 0 Å². The van der Waals surface area contributed by atoms with E-state index in [4.69, 9.17) is 25.8 Å². The molecule has 40 heavy (non-hydrogen) atoms. The van der Waals surface area contributed by atoms with Crippen molar-refractivity contribution in [2.75, 3.05) is 37.1 Å². The van der Waals surface area contributed by atoms with E-state index in [1.165, 1.54) is 18.1 Å². The summed E-state index contributed by atoms with van der Waals surface area (Å²) in [5.74, 6) is 0.604. The molecule has 3 aromatic rings. The first-order chi connectivity index (χ1) is 18.8. The quantitative estimate of drug-likeness (QED) is 0.271. The number of hydrogen-bond donors (Lipinski definition) is 1. The summed E-state index contributed by atoms with van der Waals surface area (Å²) in [6.07, 6.45) is -4.06. The second kappa shape index (κ2) is 12.0. The number of nitrogens with one attached hydrogen (secondary N) is 1. The highest BCUT2D eigenvalue weighted by molar-refractivity contribution is 6.30. The zero-order chi connectivity index (χ0) is 29.1. The first kappa shape index (κ1) is 29.6. The van der Waals surface area contributed by atoms with E-state index in [2.05, 4.69) is 5.32 Å². The lowest BCUT2D eigenvalue weighted by atomic mass is 10.0. The molecule has 1 heterocycles. The van der Waals surface area contributed by atoms with Crippen LogP contribution in [0.15, 0.2) is 60.7 Å². The van der Waals surface area contributed by atoms with Gasteiger partial charge in [-0.15, -0.1) is 0 Å². The third-order valence-electron chi connectivity index (χ3n) is 6.34. The molecule has 4 rings (SSSR count). The number of anilines is 2. The Bertz CT molecular complexity index is 1340. The molecule has 214 valence electrons. The highest BCUT2D eigenvalue weighted by atomic mass is 35.5. The number of rotatable bonds is 9. The van der Waals surface area contributed by atoms with Crippen LogP contribution in [0.4, 0.5) is 24.5 Å². The molecule has 0 saturated carbocycles. The number of amides is 1. The van der Waals surface area contributed by atoms with Gasteiger partial charge in [0.2, 0.25) is 0 Å². The molecule has 0 radical (unpaired) electrons. The van der Waals surface area contributed by atoms with Gasteiger partial charge in [-0.25, -0.2) is 0 Å². The maximum Gasteiger partial charge on any atom is 0.416 e. The molecule has 0 aromatic heterocycles. The van der Waals surface area contributed by atoms with Gasteiger partial charge in [0.05, 0.1) is 24.9 Å². The molecule has 10 heteroatoms. The first-order valence-corrected chi connectivity index (χ1v) is 13.2. The van der Waals surface area contributed by atoms with Crippen LogP contribution in [0.5, 0.6) is 11.5 Å². The van der Waals surface area contributed by atoms with E-state index >= 15 is 0 Å². The van der Waals surface area contributed by atoms with Crippen LogP contribution in [0.2, 0.25) is 5.02 Å². The van der Waals surface area contributed by atoms with Crippen LogP contribution in [-0.4, -0.2) is 38.4 Å². The predicted octanol–water partition coefficient (Wildman–Crippen LogP) is 7.30. The Morgan fingerprint density at radius 1 is 1.00 bits per heavy atom. The molecule has 0 aliphatic carbocycles. The van der Waals surface area contributed by atoms with Gasteiger partial charge >= 0.3 is 6.18 Å². The van der Waals surface area contributed by atoms with E-state index < -0.39 is 23.7 Å². The van der Waals surface area contributed by atoms with Crippen LogP contribution >= 0.6 is 11.6 Å². The summed E-state index contributed by atoms with van der Waals surface area (Å²) in [4.78, 5) is 15.4. The summed E-state index contributed by atoms with van der Waals surface area (Å²) in [6.45, 7) is 6.81. The number of benzene rings is 3. The van der Waals surface area contributed by atoms with Crippen LogP contribution < -0.4 is 19.7 Å². The van der Waals surface area contributed by atoms with Crippen molar-refractivity contribution in [3.63, 3.8) is 0 Å². The second-order valence-electron chi connectivity index (χ2n) is 10.4. The van der Waals surface area contributed by atoms with Gasteiger partial charge in [-0.3, -0.25) is 4.79 Å². The Balaban J connectivity index is 1.63. The van der Waals surface area contributed by atoms with Crippen molar-refractivity contribution >= 4 is 28.9 Å². The minimum Gasteiger partial charge on any atom is -0.497 e. The molecule has 0 spiro atoms. The topological polar surface area (TPSA) is 60.0 Å². The van der Waals surface area contributed by atoms with Crippen LogP contribution in [-0.2, 0) is 22.1 Å². The summed E-state index contributed by atoms with van der Waals surface area (Å²) in [5.41, 5.74) is 0.972. The Morgan fingerprint density at radius 3 is 2.35 bits per heavy atom. The van der Waals surface area contributed by atoms with Crippen LogP contribution in [0, 0.1) is 0 Å². The highest BCUT2D eigenvalue weighted by Gasteiger charge is 2.36. The van der Waals surface area contributed by atoms with E-state index in [1.807, 2.05) is 20.8 Å². The minimum atomic E-state index is -4.52. The van der Waals surface area contributed by atoms with E-state index in [9.17, 15) is 18.0 Å². The molecule has 6 nitrogen and oxygen atoms in total. The zero-order valence-corrected chi connectivity index (χ0v) is 23.5. The molecular formula is C30H32ClF3N2O4. The summed E-state index contributed by atoms with van der Waals surface area (Å²) in [6, 6.07) is 14.5. The zero-order valence-electron chi connectivity index (χ0n) is 22.8. The lowest BCUT2D eigenvalue weighted by Crippen LogP contribution is -2.37. The largest absolute Gasteiger partial charge is 0.497 e. The molecule has 0 fully saturated rings. The van der Waals surface area contributed by atoms with Gasteiger partial charge in [0.1, 0.15) is 24.1 Å². The van der Waals surface area contributed by atoms with E-state index in [0.29, 0.717) is 53.0 Å². The Labute approximate surface area is 237 Å². The number of alkyl halides is 3. The molecule has 1 aliphatic rings. The fourth-order valence-corrected chi connectivity index (χ4v) is 4.54. The van der Waals surface area contributed by atoms with Crippen molar-refractivity contribution in [3.8, 4) is 11.5 Å². The number of carbonyl (C=O) groups is 1. The number of halogens is 4. The van der Waals surface area contributed by atoms with Gasteiger partial charge < -0.3 is 24.4 Å². The number of nitrogens with zero attached hydrogens (tertiary/aromatic N) is 1. The predicted molar refractivity (Wildman–Crippen MR) is 150 cm³/mol. The smallest absolute Gasteiger partial charge is 0.416 e. The van der Waals surface area contributed by atoms with Gasteiger partial charge in [-0.1, -0.05) is 29.8 Å². The lowest BCUT2D eigenvalue weighted by molar-refractivity contribution is -0.137. The maximum absolute atomic E-state index is 14.0. The maximum atomic E-state index is 14.0. The van der Waals surface area contributed by atoms with Gasteiger partial charge in [0, 0.05) is 41.1 Å². The molecule has 1 N–H and O–H groups in total. The number of fused-ring (bicyclic) bond motifs is 1. The summed E-state index contributed by atoms with van der Waals surface area (Å²) in [7, 11) is 1.52. The number of methoxy groups -OCH3 is 1. The average molecular weight is 577 g/mol. The summed E-state index contributed by atoms with van der Waals surface area (Å²) < 4.78 is 57.4. The monoisotopic (exact) mass is 576 g/mol. The Kier molecular flexibility index (Phi) is 8.85. The lowest BCUT2D eigenvalue weighted by Gasteiger charge is -2.27. The third-order valence-corrected chi connectivity index (χ3v) is 6.59. The normalized spacial score (nSPS) is 14.1. The fourth-order valence-electron chi connectivity index (χ4n) is 4.41. The van der Waals surface area contributed by atoms with E-state index in [-0.39, 0.29) is 17.8 Å². The second-order valence-corrected chi connectivity index (χ2v) is 10.9. The van der Waals surface area contributed by atoms with Crippen molar-refractivity contribution in [2.24, 2.45) is 0 Å². The van der Waals surface area contributed by atoms with Crippen molar-refractivity contribution < 1.29 is 32.2 Å². The summed E-state index contributed by atoms with van der Waals surface area (Å²) in [5, 5.41) is 3.74. The average Bonchev–Trinajstić information content (AvgIpc) is 3.32. The first-order valence-electron chi connectivity index (χ1n) is 12.8. The van der Waals surface area contributed by atoms with E-state index in [1.54, 1.807) is 42.5 Å². The number of ether oxygens (including phenoxy) is 3. The number of carbonyl (C=O) groups excluding carboxylic acids is 1.